The van der Waals surface area contributed by atoms with Crippen LogP contribution in [0.4, 0.5) is 4.39 Å². The van der Waals surface area contributed by atoms with E-state index in [2.05, 4.69) is 42.5 Å². The fraction of sp³-hybridized carbons (Fsp3) is 0.167. The van der Waals surface area contributed by atoms with E-state index in [1.54, 1.807) is 6.07 Å². The molecule has 0 N–H and O–H groups in total. The minimum atomic E-state index is -0.326. The second kappa shape index (κ2) is 9.47. The monoisotopic (exact) mass is 525 g/mol. The van der Waals surface area contributed by atoms with Crippen molar-refractivity contribution in [1.82, 2.24) is 0 Å². The molecule has 0 spiro atoms. The standard InChI is InChI=1S/C36H30FN2O/c1-22-11-17-28-33-26(20-38)16-18-27(25-14-12-24(13-15-25)23-9-7-6-8-10-23)34(33)40-35(28)32(22)31-19-30(37)29(21-39(31)5)36(2,3)4/h6-19,21H,1-5H3/q+1. The Morgan fingerprint density at radius 2 is 1.50 bits per heavy atom. The number of hydrogen-bond donors (Lipinski definition) is 0. The number of aromatic nitrogens is 1. The van der Waals surface area contributed by atoms with Gasteiger partial charge in [0.2, 0.25) is 5.69 Å². The second-order valence-corrected chi connectivity index (χ2v) is 11.4. The first-order chi connectivity index (χ1) is 19.2. The van der Waals surface area contributed by atoms with Gasteiger partial charge in [-0.15, -0.1) is 0 Å². The van der Waals surface area contributed by atoms with Crippen LogP contribution in [0.3, 0.4) is 0 Å². The average molecular weight is 526 g/mol. The van der Waals surface area contributed by atoms with Crippen molar-refractivity contribution in [3.05, 3.63) is 114 Å². The quantitative estimate of drug-likeness (QED) is 0.216. The van der Waals surface area contributed by atoms with Crippen LogP contribution in [0.5, 0.6) is 0 Å². The Kier molecular flexibility index (Phi) is 6.04. The van der Waals surface area contributed by atoms with Crippen molar-refractivity contribution >= 4 is 21.9 Å². The molecule has 0 unspecified atom stereocenters. The number of fused-ring (bicyclic) bond motifs is 3. The predicted molar refractivity (Wildman–Crippen MR) is 159 cm³/mol. The van der Waals surface area contributed by atoms with Crippen LogP contribution in [0.25, 0.3) is 55.4 Å². The molecule has 6 aromatic rings. The Morgan fingerprint density at radius 3 is 2.17 bits per heavy atom. The molecule has 0 atom stereocenters. The highest BCUT2D eigenvalue weighted by molar-refractivity contribution is 6.15. The zero-order valence-electron chi connectivity index (χ0n) is 23.3. The normalized spacial score (nSPS) is 11.7. The van der Waals surface area contributed by atoms with Crippen molar-refractivity contribution < 1.29 is 13.4 Å². The number of halogens is 1. The molecule has 0 fully saturated rings. The molecule has 0 aliphatic carbocycles. The first-order valence-electron chi connectivity index (χ1n) is 13.4. The highest BCUT2D eigenvalue weighted by Crippen LogP contribution is 2.42. The zero-order chi connectivity index (χ0) is 28.2. The number of furan rings is 1. The van der Waals surface area contributed by atoms with Crippen molar-refractivity contribution in [2.75, 3.05) is 0 Å². The lowest BCUT2D eigenvalue weighted by Gasteiger charge is -2.18. The molecule has 0 amide bonds. The summed E-state index contributed by atoms with van der Waals surface area (Å²) in [7, 11) is 1.94. The van der Waals surface area contributed by atoms with E-state index in [1.165, 1.54) is 0 Å². The van der Waals surface area contributed by atoms with Gasteiger partial charge in [0.1, 0.15) is 24.0 Å². The number of hydrogen-bond acceptors (Lipinski definition) is 2. The highest BCUT2D eigenvalue weighted by atomic mass is 19.1. The fourth-order valence-corrected chi connectivity index (χ4v) is 5.58. The van der Waals surface area contributed by atoms with Gasteiger partial charge in [0.15, 0.2) is 6.20 Å². The third-order valence-electron chi connectivity index (χ3n) is 7.71. The first kappa shape index (κ1) is 25.5. The third-order valence-corrected chi connectivity index (χ3v) is 7.71. The SMILES string of the molecule is Cc1ccc2c(oc3c(-c4ccc(-c5ccccc5)cc4)ccc(C#N)c32)c1-c1cc(F)c(C(C)(C)C)c[n+]1C. The van der Waals surface area contributed by atoms with Crippen LogP contribution >= 0.6 is 0 Å². The topological polar surface area (TPSA) is 40.8 Å². The van der Waals surface area contributed by atoms with Gasteiger partial charge in [-0.3, -0.25) is 0 Å². The molecular formula is C36H30FN2O+. The maximum atomic E-state index is 15.4. The Bertz CT molecular complexity index is 1950. The van der Waals surface area contributed by atoms with E-state index in [-0.39, 0.29) is 11.2 Å². The molecule has 0 bridgehead atoms. The zero-order valence-corrected chi connectivity index (χ0v) is 23.3. The molecule has 0 saturated carbocycles. The van der Waals surface area contributed by atoms with Crippen molar-refractivity contribution in [1.29, 1.82) is 5.26 Å². The predicted octanol–water partition coefficient (Wildman–Crippen LogP) is 9.03. The molecule has 0 aliphatic rings. The van der Waals surface area contributed by atoms with Gasteiger partial charge in [-0.2, -0.15) is 5.26 Å². The summed E-state index contributed by atoms with van der Waals surface area (Å²) in [6.45, 7) is 8.03. The van der Waals surface area contributed by atoms with Gasteiger partial charge < -0.3 is 4.42 Å². The van der Waals surface area contributed by atoms with Crippen molar-refractivity contribution in [2.24, 2.45) is 7.05 Å². The molecule has 0 radical (unpaired) electrons. The minimum absolute atomic E-state index is 0.245. The van der Waals surface area contributed by atoms with Crippen LogP contribution in [0.1, 0.15) is 37.5 Å². The number of nitriles is 1. The van der Waals surface area contributed by atoms with E-state index in [4.69, 9.17) is 4.42 Å². The summed E-state index contributed by atoms with van der Waals surface area (Å²) in [5.74, 6) is -0.245. The minimum Gasteiger partial charge on any atom is -0.454 e. The van der Waals surface area contributed by atoms with E-state index in [1.807, 2.05) is 88.0 Å². The Hall–Kier alpha value is -4.75. The Labute approximate surface area is 233 Å². The van der Waals surface area contributed by atoms with Gasteiger partial charge in [-0.1, -0.05) is 87.5 Å². The maximum absolute atomic E-state index is 15.4. The summed E-state index contributed by atoms with van der Waals surface area (Å²) in [4.78, 5) is 0. The van der Waals surface area contributed by atoms with Gasteiger partial charge in [-0.05, 0) is 46.7 Å². The van der Waals surface area contributed by atoms with E-state index >= 15 is 4.39 Å². The molecule has 4 heteroatoms. The number of nitrogens with zero attached hydrogens (tertiary/aromatic N) is 2. The van der Waals surface area contributed by atoms with Gasteiger partial charge in [0, 0.05) is 22.4 Å². The summed E-state index contributed by atoms with van der Waals surface area (Å²) in [5, 5.41) is 11.6. The smallest absolute Gasteiger partial charge is 0.219 e. The molecule has 40 heavy (non-hydrogen) atoms. The molecular weight excluding hydrogens is 495 g/mol. The molecule has 0 saturated heterocycles. The Morgan fingerprint density at radius 1 is 0.825 bits per heavy atom. The molecule has 3 nitrogen and oxygen atoms in total. The van der Waals surface area contributed by atoms with Gasteiger partial charge in [0.05, 0.1) is 22.8 Å². The largest absolute Gasteiger partial charge is 0.454 e. The van der Waals surface area contributed by atoms with Crippen LogP contribution in [0, 0.1) is 24.1 Å². The summed E-state index contributed by atoms with van der Waals surface area (Å²) in [6, 6.07) is 30.4. The lowest BCUT2D eigenvalue weighted by atomic mass is 9.87. The van der Waals surface area contributed by atoms with E-state index in [0.29, 0.717) is 22.3 Å². The summed E-state index contributed by atoms with van der Waals surface area (Å²) in [6.07, 6.45) is 1.87. The van der Waals surface area contributed by atoms with E-state index in [9.17, 15) is 5.26 Å². The van der Waals surface area contributed by atoms with Crippen molar-refractivity contribution in [3.8, 4) is 39.6 Å². The molecule has 2 aromatic heterocycles. The number of rotatable bonds is 3. The Balaban J connectivity index is 1.59. The van der Waals surface area contributed by atoms with Crippen LogP contribution in [-0.4, -0.2) is 0 Å². The van der Waals surface area contributed by atoms with E-state index < -0.39 is 0 Å². The summed E-state index contributed by atoms with van der Waals surface area (Å²) < 4.78 is 24.1. The molecule has 0 aliphatic heterocycles. The number of benzene rings is 4. The maximum Gasteiger partial charge on any atom is 0.219 e. The van der Waals surface area contributed by atoms with Gasteiger partial charge in [0.25, 0.3) is 0 Å². The molecule has 196 valence electrons. The number of pyridine rings is 1. The fourth-order valence-electron chi connectivity index (χ4n) is 5.58. The lowest BCUT2D eigenvalue weighted by Crippen LogP contribution is -2.34. The van der Waals surface area contributed by atoms with Gasteiger partial charge >= 0.3 is 0 Å². The van der Waals surface area contributed by atoms with Crippen LogP contribution in [-0.2, 0) is 12.5 Å². The van der Waals surface area contributed by atoms with E-state index in [0.717, 1.165) is 49.8 Å². The molecule has 6 rings (SSSR count). The first-order valence-corrected chi connectivity index (χ1v) is 13.4. The lowest BCUT2D eigenvalue weighted by molar-refractivity contribution is -0.661. The molecule has 4 aromatic carbocycles. The third kappa shape index (κ3) is 4.15. The highest BCUT2D eigenvalue weighted by Gasteiger charge is 2.28. The van der Waals surface area contributed by atoms with Crippen LogP contribution < -0.4 is 4.57 Å². The van der Waals surface area contributed by atoms with Crippen LogP contribution in [0.15, 0.2) is 95.5 Å². The van der Waals surface area contributed by atoms with Crippen molar-refractivity contribution in [2.45, 2.75) is 33.1 Å². The average Bonchev–Trinajstić information content (AvgIpc) is 3.33. The summed E-state index contributed by atoms with van der Waals surface area (Å²) >= 11 is 0. The summed E-state index contributed by atoms with van der Waals surface area (Å²) in [5.41, 5.74) is 8.89. The van der Waals surface area contributed by atoms with Crippen molar-refractivity contribution in [3.63, 3.8) is 0 Å². The number of aryl methyl sites for hydroxylation is 2. The van der Waals surface area contributed by atoms with Gasteiger partial charge in [-0.25, -0.2) is 8.96 Å². The van der Waals surface area contributed by atoms with Crippen LogP contribution in [0.2, 0.25) is 0 Å². The second-order valence-electron chi connectivity index (χ2n) is 11.4. The molecule has 2 heterocycles.